The number of benzene rings is 1. The number of rotatable bonds is 2. The molecule has 0 spiro atoms. The summed E-state index contributed by atoms with van der Waals surface area (Å²) in [5.41, 5.74) is 3.61. The van der Waals surface area contributed by atoms with Gasteiger partial charge in [-0.15, -0.1) is 0 Å². The smallest absolute Gasteiger partial charge is 0.274 e. The molecule has 0 N–H and O–H groups in total. The van der Waals surface area contributed by atoms with Crippen LogP contribution in [-0.2, 0) is 13.0 Å². The quantitative estimate of drug-likeness (QED) is 0.689. The van der Waals surface area contributed by atoms with Crippen LogP contribution in [0.25, 0.3) is 11.3 Å². The fourth-order valence-corrected chi connectivity index (χ4v) is 3.32. The summed E-state index contributed by atoms with van der Waals surface area (Å²) in [7, 11) is 0. The van der Waals surface area contributed by atoms with E-state index in [-0.39, 0.29) is 12.7 Å². The van der Waals surface area contributed by atoms with Crippen LogP contribution in [0.5, 0.6) is 11.5 Å². The van der Waals surface area contributed by atoms with Crippen LogP contribution in [-0.4, -0.2) is 39.3 Å². The van der Waals surface area contributed by atoms with Crippen molar-refractivity contribution in [3.8, 4) is 22.8 Å². The molecule has 2 aliphatic rings. The first-order chi connectivity index (χ1) is 13.2. The van der Waals surface area contributed by atoms with Crippen molar-refractivity contribution >= 4 is 5.91 Å². The highest BCUT2D eigenvalue weighted by Gasteiger charge is 2.29. The number of aromatic nitrogens is 3. The van der Waals surface area contributed by atoms with E-state index in [2.05, 4.69) is 15.1 Å². The molecule has 0 saturated carbocycles. The van der Waals surface area contributed by atoms with Crippen molar-refractivity contribution in [2.24, 2.45) is 0 Å². The van der Waals surface area contributed by atoms with Crippen molar-refractivity contribution in [1.82, 2.24) is 20.0 Å². The number of amides is 1. The zero-order chi connectivity index (χ0) is 18.4. The standard InChI is InChI=1S/C19H16N4O4/c1-11-7-21-14(8-20-11)19(24)23-5-4-15-13(9-23)18(22-27-15)12-2-3-16-17(6-12)26-10-25-16/h2-3,6-8H,4-5,9-10H2,1H3. The van der Waals surface area contributed by atoms with Crippen LogP contribution in [0.3, 0.4) is 0 Å². The number of fused-ring (bicyclic) bond motifs is 2. The van der Waals surface area contributed by atoms with E-state index in [0.29, 0.717) is 36.7 Å². The molecular formula is C19H16N4O4. The van der Waals surface area contributed by atoms with E-state index in [9.17, 15) is 4.79 Å². The minimum Gasteiger partial charge on any atom is -0.454 e. The number of hydrogen-bond acceptors (Lipinski definition) is 7. The predicted octanol–water partition coefficient (Wildman–Crippen LogP) is 2.37. The van der Waals surface area contributed by atoms with Gasteiger partial charge in [0.25, 0.3) is 5.91 Å². The molecule has 27 heavy (non-hydrogen) atoms. The molecule has 0 unspecified atom stereocenters. The molecule has 0 radical (unpaired) electrons. The van der Waals surface area contributed by atoms with Crippen LogP contribution in [0.15, 0.2) is 35.1 Å². The lowest BCUT2D eigenvalue weighted by molar-refractivity contribution is 0.0722. The van der Waals surface area contributed by atoms with Gasteiger partial charge in [0.15, 0.2) is 11.5 Å². The first-order valence-electron chi connectivity index (χ1n) is 8.64. The van der Waals surface area contributed by atoms with Crippen molar-refractivity contribution in [3.05, 3.63) is 53.3 Å². The molecule has 0 bridgehead atoms. The van der Waals surface area contributed by atoms with Crippen LogP contribution >= 0.6 is 0 Å². The maximum atomic E-state index is 12.8. The topological polar surface area (TPSA) is 90.6 Å². The second-order valence-corrected chi connectivity index (χ2v) is 6.52. The number of ether oxygens (including phenoxy) is 2. The van der Waals surface area contributed by atoms with Crippen molar-refractivity contribution in [2.45, 2.75) is 19.9 Å². The van der Waals surface area contributed by atoms with E-state index >= 15 is 0 Å². The van der Waals surface area contributed by atoms with Crippen molar-refractivity contribution in [3.63, 3.8) is 0 Å². The monoisotopic (exact) mass is 364 g/mol. The molecule has 0 fully saturated rings. The Morgan fingerprint density at radius 1 is 1.15 bits per heavy atom. The Hall–Kier alpha value is -3.42. The second-order valence-electron chi connectivity index (χ2n) is 6.52. The highest BCUT2D eigenvalue weighted by atomic mass is 16.7. The van der Waals surface area contributed by atoms with E-state index in [1.54, 1.807) is 11.1 Å². The van der Waals surface area contributed by atoms with Crippen LogP contribution in [0.4, 0.5) is 0 Å². The summed E-state index contributed by atoms with van der Waals surface area (Å²) in [5.74, 6) is 2.06. The zero-order valence-electron chi connectivity index (χ0n) is 14.6. The van der Waals surface area contributed by atoms with E-state index in [1.165, 1.54) is 6.20 Å². The van der Waals surface area contributed by atoms with Gasteiger partial charge in [0.05, 0.1) is 18.4 Å². The molecule has 5 rings (SSSR count). The zero-order valence-corrected chi connectivity index (χ0v) is 14.6. The summed E-state index contributed by atoms with van der Waals surface area (Å²) >= 11 is 0. The first-order valence-corrected chi connectivity index (χ1v) is 8.64. The molecule has 8 nitrogen and oxygen atoms in total. The largest absolute Gasteiger partial charge is 0.454 e. The lowest BCUT2D eigenvalue weighted by Gasteiger charge is -2.25. The van der Waals surface area contributed by atoms with E-state index in [4.69, 9.17) is 14.0 Å². The van der Waals surface area contributed by atoms with Crippen molar-refractivity contribution in [1.29, 1.82) is 0 Å². The minimum absolute atomic E-state index is 0.147. The number of hydrogen-bond donors (Lipinski definition) is 0. The summed E-state index contributed by atoms with van der Waals surface area (Å²) in [4.78, 5) is 22.9. The molecule has 1 aromatic carbocycles. The highest BCUT2D eigenvalue weighted by molar-refractivity contribution is 5.92. The summed E-state index contributed by atoms with van der Waals surface area (Å²) in [6.07, 6.45) is 3.72. The fourth-order valence-electron chi connectivity index (χ4n) is 3.32. The Bertz CT molecular complexity index is 1030. The van der Waals surface area contributed by atoms with Crippen LogP contribution < -0.4 is 9.47 Å². The molecule has 3 aromatic rings. The summed E-state index contributed by atoms with van der Waals surface area (Å²) in [6.45, 7) is 3.02. The molecular weight excluding hydrogens is 348 g/mol. The van der Waals surface area contributed by atoms with Crippen LogP contribution in [0.1, 0.15) is 27.5 Å². The molecule has 4 heterocycles. The minimum atomic E-state index is -0.147. The molecule has 1 amide bonds. The van der Waals surface area contributed by atoms with E-state index < -0.39 is 0 Å². The first kappa shape index (κ1) is 15.8. The van der Waals surface area contributed by atoms with Gasteiger partial charge < -0.3 is 18.9 Å². The van der Waals surface area contributed by atoms with Gasteiger partial charge >= 0.3 is 0 Å². The van der Waals surface area contributed by atoms with Crippen molar-refractivity contribution < 1.29 is 18.8 Å². The number of aryl methyl sites for hydroxylation is 1. The summed E-state index contributed by atoms with van der Waals surface area (Å²) in [6, 6.07) is 5.65. The molecule has 0 saturated heterocycles. The Morgan fingerprint density at radius 2 is 2.04 bits per heavy atom. The van der Waals surface area contributed by atoms with E-state index in [0.717, 1.165) is 28.3 Å². The molecule has 8 heteroatoms. The Labute approximate surface area is 154 Å². The Balaban J connectivity index is 1.45. The van der Waals surface area contributed by atoms with Gasteiger partial charge in [0.2, 0.25) is 6.79 Å². The van der Waals surface area contributed by atoms with E-state index in [1.807, 2.05) is 25.1 Å². The van der Waals surface area contributed by atoms with Gasteiger partial charge in [0, 0.05) is 30.3 Å². The summed E-state index contributed by atoms with van der Waals surface area (Å²) in [5, 5.41) is 4.23. The Kier molecular flexibility index (Phi) is 3.56. The lowest BCUT2D eigenvalue weighted by Crippen LogP contribution is -2.36. The van der Waals surface area contributed by atoms with Gasteiger partial charge in [-0.1, -0.05) is 5.16 Å². The molecule has 0 aliphatic carbocycles. The highest BCUT2D eigenvalue weighted by Crippen LogP contribution is 2.38. The normalized spacial score (nSPS) is 14.9. The SMILES string of the molecule is Cc1cnc(C(=O)N2CCc3onc(-c4ccc5c(c4)OCO5)c3C2)cn1. The average Bonchev–Trinajstić information content (AvgIpc) is 3.33. The lowest BCUT2D eigenvalue weighted by atomic mass is 10.0. The van der Waals surface area contributed by atoms with Gasteiger partial charge in [0.1, 0.15) is 17.1 Å². The van der Waals surface area contributed by atoms with Gasteiger partial charge in [-0.3, -0.25) is 9.78 Å². The third kappa shape index (κ3) is 2.69. The van der Waals surface area contributed by atoms with Gasteiger partial charge in [-0.25, -0.2) is 4.98 Å². The van der Waals surface area contributed by atoms with Crippen LogP contribution in [0.2, 0.25) is 0 Å². The number of carbonyl (C=O) groups excluding carboxylic acids is 1. The molecule has 2 aliphatic heterocycles. The Morgan fingerprint density at radius 3 is 2.89 bits per heavy atom. The number of carbonyl (C=O) groups is 1. The average molecular weight is 364 g/mol. The molecule has 136 valence electrons. The maximum absolute atomic E-state index is 12.8. The third-order valence-electron chi connectivity index (χ3n) is 4.76. The predicted molar refractivity (Wildman–Crippen MR) is 93.3 cm³/mol. The maximum Gasteiger partial charge on any atom is 0.274 e. The fraction of sp³-hybridized carbons (Fsp3) is 0.263. The van der Waals surface area contributed by atoms with Gasteiger partial charge in [-0.05, 0) is 25.1 Å². The number of nitrogens with zero attached hydrogens (tertiary/aromatic N) is 4. The molecule has 0 atom stereocenters. The van der Waals surface area contributed by atoms with Crippen LogP contribution in [0, 0.1) is 6.92 Å². The summed E-state index contributed by atoms with van der Waals surface area (Å²) < 4.78 is 16.3. The molecule has 2 aromatic heterocycles. The van der Waals surface area contributed by atoms with Gasteiger partial charge in [-0.2, -0.15) is 0 Å². The van der Waals surface area contributed by atoms with Crippen molar-refractivity contribution in [2.75, 3.05) is 13.3 Å². The third-order valence-corrected chi connectivity index (χ3v) is 4.76. The second kappa shape index (κ2) is 6.08.